The van der Waals surface area contributed by atoms with Gasteiger partial charge in [0.15, 0.2) is 0 Å². The van der Waals surface area contributed by atoms with E-state index in [2.05, 4.69) is 22.3 Å². The minimum atomic E-state index is -0.229. The quantitative estimate of drug-likeness (QED) is 0.737. The van der Waals surface area contributed by atoms with Crippen molar-refractivity contribution in [3.63, 3.8) is 0 Å². The summed E-state index contributed by atoms with van der Waals surface area (Å²) < 4.78 is 1.59. The number of nitrogens with zero attached hydrogens (tertiary/aromatic N) is 2. The summed E-state index contributed by atoms with van der Waals surface area (Å²) in [5.74, 6) is 0.665. The molecule has 1 atom stereocenters. The summed E-state index contributed by atoms with van der Waals surface area (Å²) in [6, 6.07) is 1.58. The highest BCUT2D eigenvalue weighted by Gasteiger charge is 2.07. The number of carbonyl (C=O) groups is 1. The summed E-state index contributed by atoms with van der Waals surface area (Å²) in [6.07, 6.45) is 4.15. The van der Waals surface area contributed by atoms with Crippen molar-refractivity contribution in [1.82, 2.24) is 15.1 Å². The third-order valence-corrected chi connectivity index (χ3v) is 1.96. The lowest BCUT2D eigenvalue weighted by Crippen LogP contribution is -2.36. The van der Waals surface area contributed by atoms with Gasteiger partial charge in [0.1, 0.15) is 5.82 Å². The highest BCUT2D eigenvalue weighted by molar-refractivity contribution is 5.88. The summed E-state index contributed by atoms with van der Waals surface area (Å²) in [7, 11) is 1.77. The molecular weight excluding hydrogens is 192 g/mol. The zero-order chi connectivity index (χ0) is 11.3. The Labute approximate surface area is 89.2 Å². The van der Waals surface area contributed by atoms with Crippen LogP contribution in [0.1, 0.15) is 13.3 Å². The molecule has 0 saturated heterocycles. The van der Waals surface area contributed by atoms with Gasteiger partial charge in [0, 0.05) is 19.2 Å². The fraction of sp³-hybridized carbons (Fsp3) is 0.400. The molecule has 0 bridgehead atoms. The Hall–Kier alpha value is -1.78. The van der Waals surface area contributed by atoms with Crippen LogP contribution in [-0.2, 0) is 7.05 Å². The molecule has 0 spiro atoms. The maximum absolute atomic E-state index is 11.5. The molecule has 1 rings (SSSR count). The molecule has 0 saturated carbocycles. The van der Waals surface area contributed by atoms with Gasteiger partial charge >= 0.3 is 6.03 Å². The van der Waals surface area contributed by atoms with E-state index in [1.165, 1.54) is 0 Å². The van der Waals surface area contributed by atoms with E-state index in [9.17, 15) is 4.79 Å². The fourth-order valence-electron chi connectivity index (χ4n) is 1.18. The molecule has 0 aromatic carbocycles. The van der Waals surface area contributed by atoms with Gasteiger partial charge in [-0.15, -0.1) is 6.58 Å². The first-order valence-electron chi connectivity index (χ1n) is 4.80. The van der Waals surface area contributed by atoms with Gasteiger partial charge in [-0.1, -0.05) is 6.08 Å². The molecule has 0 radical (unpaired) electrons. The van der Waals surface area contributed by atoms with Gasteiger partial charge in [0.25, 0.3) is 0 Å². The minimum Gasteiger partial charge on any atom is -0.335 e. The van der Waals surface area contributed by atoms with Crippen LogP contribution in [0, 0.1) is 0 Å². The van der Waals surface area contributed by atoms with Crippen molar-refractivity contribution in [2.45, 2.75) is 19.4 Å². The standard InChI is InChI=1S/C10H16N4O/c1-4-5-8(2)12-10(15)13-9-6-7-11-14(9)3/h4,6-8H,1,5H2,2-3H3,(H2,12,13,15). The maximum Gasteiger partial charge on any atom is 0.320 e. The van der Waals surface area contributed by atoms with Crippen molar-refractivity contribution in [2.75, 3.05) is 5.32 Å². The van der Waals surface area contributed by atoms with Crippen molar-refractivity contribution in [3.8, 4) is 0 Å². The van der Waals surface area contributed by atoms with Crippen molar-refractivity contribution in [3.05, 3.63) is 24.9 Å². The zero-order valence-electron chi connectivity index (χ0n) is 9.03. The monoisotopic (exact) mass is 208 g/mol. The van der Waals surface area contributed by atoms with Crippen LogP contribution in [0.5, 0.6) is 0 Å². The van der Waals surface area contributed by atoms with Crippen LogP contribution >= 0.6 is 0 Å². The van der Waals surface area contributed by atoms with Crippen LogP contribution in [0.4, 0.5) is 10.6 Å². The van der Waals surface area contributed by atoms with E-state index in [4.69, 9.17) is 0 Å². The molecule has 5 heteroatoms. The average molecular weight is 208 g/mol. The summed E-state index contributed by atoms with van der Waals surface area (Å²) in [5, 5.41) is 9.42. The van der Waals surface area contributed by atoms with Gasteiger partial charge in [-0.2, -0.15) is 5.10 Å². The predicted molar refractivity (Wildman–Crippen MR) is 59.6 cm³/mol. The van der Waals surface area contributed by atoms with Gasteiger partial charge < -0.3 is 5.32 Å². The molecule has 2 N–H and O–H groups in total. The van der Waals surface area contributed by atoms with Crippen molar-refractivity contribution in [2.24, 2.45) is 7.05 Å². The van der Waals surface area contributed by atoms with Gasteiger partial charge in [0.05, 0.1) is 6.20 Å². The molecule has 2 amide bonds. The second kappa shape index (κ2) is 5.19. The van der Waals surface area contributed by atoms with Gasteiger partial charge in [-0.25, -0.2) is 4.79 Å². The number of hydrogen-bond acceptors (Lipinski definition) is 2. The first-order valence-corrected chi connectivity index (χ1v) is 4.80. The Morgan fingerprint density at radius 3 is 3.07 bits per heavy atom. The topological polar surface area (TPSA) is 59.0 Å². The number of anilines is 1. The molecule has 5 nitrogen and oxygen atoms in total. The summed E-state index contributed by atoms with van der Waals surface area (Å²) in [6.45, 7) is 5.53. The van der Waals surface area contributed by atoms with Crippen LogP contribution in [0.25, 0.3) is 0 Å². The molecular formula is C10H16N4O. The number of aryl methyl sites for hydroxylation is 1. The lowest BCUT2D eigenvalue weighted by Gasteiger charge is -2.12. The molecule has 1 heterocycles. The molecule has 1 aromatic heterocycles. The smallest absolute Gasteiger partial charge is 0.320 e. The van der Waals surface area contributed by atoms with E-state index in [0.29, 0.717) is 5.82 Å². The van der Waals surface area contributed by atoms with Gasteiger partial charge in [-0.05, 0) is 13.3 Å². The Bertz CT molecular complexity index is 345. The highest BCUT2D eigenvalue weighted by Crippen LogP contribution is 2.02. The van der Waals surface area contributed by atoms with Gasteiger partial charge in [0.2, 0.25) is 0 Å². The van der Waals surface area contributed by atoms with Crippen LogP contribution in [0.2, 0.25) is 0 Å². The minimum absolute atomic E-state index is 0.0794. The number of urea groups is 1. The van der Waals surface area contributed by atoms with Crippen LogP contribution in [0.3, 0.4) is 0 Å². The number of aromatic nitrogens is 2. The Kier molecular flexibility index (Phi) is 3.91. The molecule has 0 aliphatic carbocycles. The van der Waals surface area contributed by atoms with Crippen LogP contribution < -0.4 is 10.6 Å². The first kappa shape index (κ1) is 11.3. The van der Waals surface area contributed by atoms with E-state index < -0.39 is 0 Å². The zero-order valence-corrected chi connectivity index (χ0v) is 9.03. The summed E-state index contributed by atoms with van der Waals surface area (Å²) in [4.78, 5) is 11.5. The Morgan fingerprint density at radius 2 is 2.53 bits per heavy atom. The fourth-order valence-corrected chi connectivity index (χ4v) is 1.18. The van der Waals surface area contributed by atoms with E-state index in [-0.39, 0.29) is 12.1 Å². The average Bonchev–Trinajstić information content (AvgIpc) is 2.52. The summed E-state index contributed by atoms with van der Waals surface area (Å²) in [5.41, 5.74) is 0. The van der Waals surface area contributed by atoms with E-state index >= 15 is 0 Å². The number of amides is 2. The number of carbonyl (C=O) groups excluding carboxylic acids is 1. The first-order chi connectivity index (χ1) is 7.13. The molecule has 82 valence electrons. The second-order valence-corrected chi connectivity index (χ2v) is 3.36. The number of rotatable bonds is 4. The normalized spacial score (nSPS) is 11.9. The second-order valence-electron chi connectivity index (χ2n) is 3.36. The van der Waals surface area contributed by atoms with Crippen LogP contribution in [0.15, 0.2) is 24.9 Å². The lowest BCUT2D eigenvalue weighted by molar-refractivity contribution is 0.249. The molecule has 1 aromatic rings. The van der Waals surface area contributed by atoms with Crippen molar-refractivity contribution >= 4 is 11.8 Å². The highest BCUT2D eigenvalue weighted by atomic mass is 16.2. The van der Waals surface area contributed by atoms with E-state index in [1.54, 1.807) is 30.1 Å². The summed E-state index contributed by atoms with van der Waals surface area (Å²) >= 11 is 0. The maximum atomic E-state index is 11.5. The third-order valence-electron chi connectivity index (χ3n) is 1.96. The third kappa shape index (κ3) is 3.46. The molecule has 0 aliphatic heterocycles. The molecule has 0 fully saturated rings. The molecule has 0 aliphatic rings. The largest absolute Gasteiger partial charge is 0.335 e. The predicted octanol–water partition coefficient (Wildman–Crippen LogP) is 1.51. The van der Waals surface area contributed by atoms with Crippen LogP contribution in [-0.4, -0.2) is 21.9 Å². The molecule has 15 heavy (non-hydrogen) atoms. The Morgan fingerprint density at radius 1 is 1.80 bits per heavy atom. The van der Waals surface area contributed by atoms with Crippen molar-refractivity contribution < 1.29 is 4.79 Å². The SMILES string of the molecule is C=CCC(C)NC(=O)Nc1ccnn1C. The van der Waals surface area contributed by atoms with E-state index in [0.717, 1.165) is 6.42 Å². The van der Waals surface area contributed by atoms with Crippen molar-refractivity contribution in [1.29, 1.82) is 0 Å². The molecule has 1 unspecified atom stereocenters. The number of nitrogens with one attached hydrogen (secondary N) is 2. The van der Waals surface area contributed by atoms with E-state index in [1.807, 2.05) is 6.92 Å². The van der Waals surface area contributed by atoms with Gasteiger partial charge in [-0.3, -0.25) is 10.00 Å². The lowest BCUT2D eigenvalue weighted by atomic mass is 10.2. The number of hydrogen-bond donors (Lipinski definition) is 2. The Balaban J connectivity index is 2.43.